The average Bonchev–Trinajstić information content (AvgIpc) is 2.47. The van der Waals surface area contributed by atoms with Crippen LogP contribution in [0.5, 0.6) is 0 Å². The number of nitrogens with one attached hydrogen (secondary N) is 1. The molecule has 0 aromatic heterocycles. The second kappa shape index (κ2) is 7.97. The summed E-state index contributed by atoms with van der Waals surface area (Å²) >= 11 is 0. The predicted octanol–water partition coefficient (Wildman–Crippen LogP) is 4.51. The number of hydrogen-bond acceptors (Lipinski definition) is 2. The maximum atomic E-state index is 9.40. The molecule has 0 amide bonds. The van der Waals surface area contributed by atoms with Crippen LogP contribution in [0.25, 0.3) is 0 Å². The normalized spacial score (nSPS) is 30.3. The van der Waals surface area contributed by atoms with Crippen LogP contribution in [0.4, 0.5) is 0 Å². The van der Waals surface area contributed by atoms with Gasteiger partial charge in [0.05, 0.1) is 0 Å². The summed E-state index contributed by atoms with van der Waals surface area (Å²) in [5, 5.41) is 13.4. The van der Waals surface area contributed by atoms with Gasteiger partial charge in [0.15, 0.2) is 0 Å². The van der Waals surface area contributed by atoms with Crippen molar-refractivity contribution in [2.75, 3.05) is 6.61 Å². The fourth-order valence-electron chi connectivity index (χ4n) is 4.65. The van der Waals surface area contributed by atoms with E-state index in [1.54, 1.807) is 0 Å². The lowest BCUT2D eigenvalue weighted by Crippen LogP contribution is -2.51. The molecule has 2 aliphatic rings. The molecule has 2 aliphatic carbocycles. The highest BCUT2D eigenvalue weighted by Gasteiger charge is 2.35. The minimum absolute atomic E-state index is 0.233. The predicted molar refractivity (Wildman–Crippen MR) is 90.4 cm³/mol. The Morgan fingerprint density at radius 1 is 0.952 bits per heavy atom. The first kappa shape index (κ1) is 17.3. The van der Waals surface area contributed by atoms with E-state index < -0.39 is 0 Å². The van der Waals surface area contributed by atoms with Gasteiger partial charge in [0.25, 0.3) is 0 Å². The van der Waals surface area contributed by atoms with Gasteiger partial charge in [-0.05, 0) is 36.5 Å². The molecule has 2 rings (SSSR count). The van der Waals surface area contributed by atoms with Crippen LogP contribution in [-0.4, -0.2) is 23.8 Å². The quantitative estimate of drug-likeness (QED) is 0.782. The Morgan fingerprint density at radius 3 is 2.19 bits per heavy atom. The van der Waals surface area contributed by atoms with Crippen molar-refractivity contribution in [1.29, 1.82) is 0 Å². The third-order valence-electron chi connectivity index (χ3n) is 5.95. The lowest BCUT2D eigenvalue weighted by atomic mass is 9.70. The lowest BCUT2D eigenvalue weighted by Gasteiger charge is -2.43. The molecule has 0 radical (unpaired) electrons. The summed E-state index contributed by atoms with van der Waals surface area (Å²) in [7, 11) is 0. The number of rotatable bonds is 5. The summed E-state index contributed by atoms with van der Waals surface area (Å²) in [6.07, 6.45) is 13.8. The van der Waals surface area contributed by atoms with E-state index in [9.17, 15) is 5.11 Å². The van der Waals surface area contributed by atoms with Gasteiger partial charge in [0, 0.05) is 18.7 Å². The van der Waals surface area contributed by atoms with E-state index in [0.717, 1.165) is 18.3 Å². The largest absolute Gasteiger partial charge is 0.396 e. The number of aliphatic hydroxyl groups is 1. The standard InChI is InChI=1S/C19H37NO/c1-19(2,3)18(13-14-21)20-17-12-8-7-11-16(17)15-9-5-4-6-10-15/h15-18,20-21H,4-14H2,1-3H3. The van der Waals surface area contributed by atoms with E-state index in [0.29, 0.717) is 18.7 Å². The van der Waals surface area contributed by atoms with E-state index >= 15 is 0 Å². The molecule has 2 heteroatoms. The van der Waals surface area contributed by atoms with Gasteiger partial charge in [-0.1, -0.05) is 65.7 Å². The smallest absolute Gasteiger partial charge is 0.0446 e. The topological polar surface area (TPSA) is 32.3 Å². The monoisotopic (exact) mass is 295 g/mol. The average molecular weight is 296 g/mol. The molecule has 3 atom stereocenters. The molecule has 0 aromatic carbocycles. The maximum Gasteiger partial charge on any atom is 0.0446 e. The second-order valence-electron chi connectivity index (χ2n) is 8.55. The van der Waals surface area contributed by atoms with E-state index in [4.69, 9.17) is 0 Å². The zero-order chi connectivity index (χ0) is 15.3. The summed E-state index contributed by atoms with van der Waals surface area (Å²) in [6.45, 7) is 7.21. The Morgan fingerprint density at radius 2 is 1.57 bits per heavy atom. The molecule has 0 spiro atoms. The first-order valence-corrected chi connectivity index (χ1v) is 9.39. The molecule has 0 bridgehead atoms. The summed E-state index contributed by atoms with van der Waals surface area (Å²) in [5.41, 5.74) is 0.233. The molecule has 21 heavy (non-hydrogen) atoms. The van der Waals surface area contributed by atoms with Gasteiger partial charge >= 0.3 is 0 Å². The molecule has 2 nitrogen and oxygen atoms in total. The van der Waals surface area contributed by atoms with Crippen molar-refractivity contribution in [2.24, 2.45) is 17.3 Å². The highest BCUT2D eigenvalue weighted by atomic mass is 16.3. The van der Waals surface area contributed by atoms with Gasteiger partial charge < -0.3 is 10.4 Å². The first-order chi connectivity index (χ1) is 10.0. The molecular weight excluding hydrogens is 258 g/mol. The molecule has 0 aliphatic heterocycles. The third-order valence-corrected chi connectivity index (χ3v) is 5.95. The minimum Gasteiger partial charge on any atom is -0.396 e. The summed E-state index contributed by atoms with van der Waals surface area (Å²) in [4.78, 5) is 0. The van der Waals surface area contributed by atoms with Crippen LogP contribution >= 0.6 is 0 Å². The van der Waals surface area contributed by atoms with Crippen LogP contribution < -0.4 is 5.32 Å². The van der Waals surface area contributed by atoms with Crippen LogP contribution in [-0.2, 0) is 0 Å². The highest BCUT2D eigenvalue weighted by Crippen LogP contribution is 2.39. The fraction of sp³-hybridized carbons (Fsp3) is 1.00. The molecule has 3 unspecified atom stereocenters. The van der Waals surface area contributed by atoms with E-state index in [1.807, 2.05) is 0 Å². The number of aliphatic hydroxyl groups excluding tert-OH is 1. The van der Waals surface area contributed by atoms with Gasteiger partial charge in [-0.2, -0.15) is 0 Å². The van der Waals surface area contributed by atoms with Crippen LogP contribution in [0.15, 0.2) is 0 Å². The van der Waals surface area contributed by atoms with Crippen LogP contribution in [0, 0.1) is 17.3 Å². The van der Waals surface area contributed by atoms with E-state index in [-0.39, 0.29) is 5.41 Å². The van der Waals surface area contributed by atoms with Gasteiger partial charge in [-0.25, -0.2) is 0 Å². The van der Waals surface area contributed by atoms with Crippen molar-refractivity contribution < 1.29 is 5.11 Å². The Balaban J connectivity index is 1.99. The van der Waals surface area contributed by atoms with Crippen molar-refractivity contribution in [1.82, 2.24) is 5.32 Å². The van der Waals surface area contributed by atoms with E-state index in [1.165, 1.54) is 57.8 Å². The molecule has 2 N–H and O–H groups in total. The fourth-order valence-corrected chi connectivity index (χ4v) is 4.65. The van der Waals surface area contributed by atoms with Crippen LogP contribution in [0.3, 0.4) is 0 Å². The number of hydrogen-bond donors (Lipinski definition) is 2. The maximum absolute atomic E-state index is 9.40. The van der Waals surface area contributed by atoms with Crippen molar-refractivity contribution in [3.05, 3.63) is 0 Å². The molecule has 2 saturated carbocycles. The zero-order valence-corrected chi connectivity index (χ0v) is 14.5. The Hall–Kier alpha value is -0.0800. The van der Waals surface area contributed by atoms with Gasteiger partial charge in [0.1, 0.15) is 0 Å². The van der Waals surface area contributed by atoms with Crippen LogP contribution in [0.2, 0.25) is 0 Å². The summed E-state index contributed by atoms with van der Waals surface area (Å²) in [6, 6.07) is 1.13. The highest BCUT2D eigenvalue weighted by molar-refractivity contribution is 4.91. The molecule has 0 saturated heterocycles. The van der Waals surface area contributed by atoms with Crippen molar-refractivity contribution in [3.8, 4) is 0 Å². The third kappa shape index (κ3) is 4.96. The first-order valence-electron chi connectivity index (χ1n) is 9.39. The summed E-state index contributed by atoms with van der Waals surface area (Å²) in [5.74, 6) is 1.86. The van der Waals surface area contributed by atoms with Gasteiger partial charge in [0.2, 0.25) is 0 Å². The second-order valence-corrected chi connectivity index (χ2v) is 8.55. The van der Waals surface area contributed by atoms with Crippen molar-refractivity contribution in [3.63, 3.8) is 0 Å². The summed E-state index contributed by atoms with van der Waals surface area (Å²) < 4.78 is 0. The SMILES string of the molecule is CC(C)(C)C(CCO)NC1CCCCC1C1CCCCC1. The Kier molecular flexibility index (Phi) is 6.55. The zero-order valence-electron chi connectivity index (χ0n) is 14.5. The minimum atomic E-state index is 0.233. The van der Waals surface area contributed by atoms with Crippen molar-refractivity contribution in [2.45, 2.75) is 97.1 Å². The molecule has 0 aromatic rings. The Bertz CT molecular complexity index is 290. The Labute approximate surface area is 132 Å². The van der Waals surface area contributed by atoms with E-state index in [2.05, 4.69) is 26.1 Å². The lowest BCUT2D eigenvalue weighted by molar-refractivity contribution is 0.110. The molecule has 2 fully saturated rings. The molecule has 124 valence electrons. The van der Waals surface area contributed by atoms with Gasteiger partial charge in [-0.3, -0.25) is 0 Å². The van der Waals surface area contributed by atoms with Crippen LogP contribution in [0.1, 0.15) is 85.0 Å². The van der Waals surface area contributed by atoms with Gasteiger partial charge in [-0.15, -0.1) is 0 Å². The molecule has 0 heterocycles. The van der Waals surface area contributed by atoms with Crippen molar-refractivity contribution >= 4 is 0 Å². The molecular formula is C19H37NO.